The van der Waals surface area contributed by atoms with Crippen LogP contribution in [0.3, 0.4) is 0 Å². The first-order chi connectivity index (χ1) is 7.11. The molecule has 0 saturated heterocycles. The molecule has 0 aliphatic heterocycles. The molecule has 0 aliphatic rings. The summed E-state index contributed by atoms with van der Waals surface area (Å²) in [4.78, 5) is 21.7. The lowest BCUT2D eigenvalue weighted by molar-refractivity contribution is -0.137. The molecule has 5 heteroatoms. The fourth-order valence-corrected chi connectivity index (χ4v) is 1.30. The first-order valence-corrected chi connectivity index (χ1v) is 5.31. The van der Waals surface area contributed by atoms with Gasteiger partial charge >= 0.3 is 5.97 Å². The molecule has 1 amide bonds. The molecule has 4 N–H and O–H groups in total. The van der Waals surface area contributed by atoms with Gasteiger partial charge in [0.2, 0.25) is 5.91 Å². The Labute approximate surface area is 90.0 Å². The Hall–Kier alpha value is -1.10. The quantitative estimate of drug-likeness (QED) is 0.510. The van der Waals surface area contributed by atoms with Gasteiger partial charge in [0.05, 0.1) is 5.92 Å². The summed E-state index contributed by atoms with van der Waals surface area (Å²) < 4.78 is 0. The van der Waals surface area contributed by atoms with Crippen LogP contribution in [0.5, 0.6) is 0 Å². The number of carbonyl (C=O) groups is 2. The number of carboxylic acid groups (broad SMARTS) is 1. The predicted molar refractivity (Wildman–Crippen MR) is 57.3 cm³/mol. The van der Waals surface area contributed by atoms with E-state index in [9.17, 15) is 9.59 Å². The summed E-state index contributed by atoms with van der Waals surface area (Å²) >= 11 is 0. The lowest BCUT2D eigenvalue weighted by Crippen LogP contribution is -2.35. The Bertz CT molecular complexity index is 207. The highest BCUT2D eigenvalue weighted by molar-refractivity contribution is 5.78. The molecule has 0 heterocycles. The molecular formula is C10H20N2O3. The van der Waals surface area contributed by atoms with Crippen molar-refractivity contribution in [2.24, 2.45) is 11.7 Å². The van der Waals surface area contributed by atoms with Crippen LogP contribution in [-0.4, -0.2) is 30.1 Å². The Morgan fingerprint density at radius 2 is 2.13 bits per heavy atom. The second-order valence-electron chi connectivity index (χ2n) is 3.51. The minimum absolute atomic E-state index is 0.0651. The van der Waals surface area contributed by atoms with Crippen LogP contribution >= 0.6 is 0 Å². The van der Waals surface area contributed by atoms with E-state index in [2.05, 4.69) is 5.32 Å². The zero-order valence-electron chi connectivity index (χ0n) is 9.16. The fourth-order valence-electron chi connectivity index (χ4n) is 1.30. The average molecular weight is 216 g/mol. The number of amides is 1. The van der Waals surface area contributed by atoms with E-state index in [0.29, 0.717) is 19.5 Å². The monoisotopic (exact) mass is 216 g/mol. The van der Waals surface area contributed by atoms with Crippen molar-refractivity contribution in [1.29, 1.82) is 0 Å². The molecule has 0 aromatic heterocycles. The van der Waals surface area contributed by atoms with E-state index < -0.39 is 5.97 Å². The molecule has 1 unspecified atom stereocenters. The third kappa shape index (κ3) is 6.90. The number of carbonyl (C=O) groups excluding carboxylic acids is 1. The molecule has 0 saturated carbocycles. The van der Waals surface area contributed by atoms with Gasteiger partial charge < -0.3 is 16.2 Å². The third-order valence-electron chi connectivity index (χ3n) is 2.16. The highest BCUT2D eigenvalue weighted by Crippen LogP contribution is 2.04. The van der Waals surface area contributed by atoms with Crippen molar-refractivity contribution in [1.82, 2.24) is 5.32 Å². The van der Waals surface area contributed by atoms with E-state index in [1.807, 2.05) is 6.92 Å². The highest BCUT2D eigenvalue weighted by atomic mass is 16.4. The van der Waals surface area contributed by atoms with E-state index in [-0.39, 0.29) is 18.2 Å². The molecular weight excluding hydrogens is 196 g/mol. The van der Waals surface area contributed by atoms with Crippen molar-refractivity contribution in [3.05, 3.63) is 0 Å². The molecule has 0 bridgehead atoms. The Morgan fingerprint density at radius 1 is 1.47 bits per heavy atom. The highest BCUT2D eigenvalue weighted by Gasteiger charge is 2.14. The number of rotatable bonds is 8. The minimum Gasteiger partial charge on any atom is -0.481 e. The summed E-state index contributed by atoms with van der Waals surface area (Å²) in [7, 11) is 0. The number of nitrogens with two attached hydrogens (primary N) is 1. The Balaban J connectivity index is 3.66. The largest absolute Gasteiger partial charge is 0.481 e. The SMILES string of the molecule is CCCC(CN)C(=O)NCCCC(=O)O. The zero-order valence-corrected chi connectivity index (χ0v) is 9.16. The van der Waals surface area contributed by atoms with Gasteiger partial charge in [-0.3, -0.25) is 9.59 Å². The molecule has 0 spiro atoms. The van der Waals surface area contributed by atoms with Gasteiger partial charge in [0.15, 0.2) is 0 Å². The van der Waals surface area contributed by atoms with Crippen LogP contribution in [0.25, 0.3) is 0 Å². The Morgan fingerprint density at radius 3 is 2.60 bits per heavy atom. The molecule has 0 fully saturated rings. The normalized spacial score (nSPS) is 12.1. The maximum atomic E-state index is 11.5. The number of aliphatic carboxylic acids is 1. The fraction of sp³-hybridized carbons (Fsp3) is 0.800. The van der Waals surface area contributed by atoms with Gasteiger partial charge in [0.1, 0.15) is 0 Å². The van der Waals surface area contributed by atoms with Gasteiger partial charge in [-0.1, -0.05) is 13.3 Å². The van der Waals surface area contributed by atoms with Crippen molar-refractivity contribution in [2.45, 2.75) is 32.6 Å². The van der Waals surface area contributed by atoms with Gasteiger partial charge in [-0.25, -0.2) is 0 Å². The molecule has 88 valence electrons. The number of hydrogen-bond donors (Lipinski definition) is 3. The second kappa shape index (κ2) is 8.23. The van der Waals surface area contributed by atoms with Crippen LogP contribution in [0.15, 0.2) is 0 Å². The van der Waals surface area contributed by atoms with Gasteiger partial charge in [-0.2, -0.15) is 0 Å². The van der Waals surface area contributed by atoms with Crippen LogP contribution in [0.2, 0.25) is 0 Å². The van der Waals surface area contributed by atoms with Gasteiger partial charge in [-0.05, 0) is 12.8 Å². The van der Waals surface area contributed by atoms with Crippen molar-refractivity contribution >= 4 is 11.9 Å². The summed E-state index contributed by atoms with van der Waals surface area (Å²) in [5, 5.41) is 11.1. The van der Waals surface area contributed by atoms with Crippen LogP contribution < -0.4 is 11.1 Å². The molecule has 1 atom stereocenters. The number of nitrogens with one attached hydrogen (secondary N) is 1. The van der Waals surface area contributed by atoms with Gasteiger partial charge in [0, 0.05) is 19.5 Å². The topological polar surface area (TPSA) is 92.4 Å². The van der Waals surface area contributed by atoms with E-state index in [0.717, 1.165) is 12.8 Å². The summed E-state index contributed by atoms with van der Waals surface area (Å²) in [6, 6.07) is 0. The number of carboxylic acids is 1. The molecule has 0 aliphatic carbocycles. The number of hydrogen-bond acceptors (Lipinski definition) is 3. The average Bonchev–Trinajstić information content (AvgIpc) is 2.20. The van der Waals surface area contributed by atoms with Crippen LogP contribution in [0, 0.1) is 5.92 Å². The first-order valence-electron chi connectivity index (χ1n) is 5.31. The third-order valence-corrected chi connectivity index (χ3v) is 2.16. The van der Waals surface area contributed by atoms with Gasteiger partial charge in [0.25, 0.3) is 0 Å². The molecule has 0 radical (unpaired) electrons. The maximum Gasteiger partial charge on any atom is 0.303 e. The molecule has 0 aromatic carbocycles. The molecule has 0 aromatic rings. The Kier molecular flexibility index (Phi) is 7.62. The van der Waals surface area contributed by atoms with E-state index >= 15 is 0 Å². The van der Waals surface area contributed by atoms with Crippen LogP contribution in [0.4, 0.5) is 0 Å². The van der Waals surface area contributed by atoms with E-state index in [4.69, 9.17) is 10.8 Å². The standard InChI is InChI=1S/C10H20N2O3/c1-2-4-8(7-11)10(15)12-6-3-5-9(13)14/h8H,2-7,11H2,1H3,(H,12,15)(H,13,14). The zero-order chi connectivity index (χ0) is 11.7. The van der Waals surface area contributed by atoms with E-state index in [1.165, 1.54) is 0 Å². The van der Waals surface area contributed by atoms with Crippen molar-refractivity contribution in [3.63, 3.8) is 0 Å². The lowest BCUT2D eigenvalue weighted by atomic mass is 10.0. The summed E-state index contributed by atoms with van der Waals surface area (Å²) in [6.45, 7) is 2.75. The summed E-state index contributed by atoms with van der Waals surface area (Å²) in [5.74, 6) is -1.04. The lowest BCUT2D eigenvalue weighted by Gasteiger charge is -2.13. The van der Waals surface area contributed by atoms with E-state index in [1.54, 1.807) is 0 Å². The smallest absolute Gasteiger partial charge is 0.303 e. The predicted octanol–water partition coefficient (Wildman–Crippen LogP) is 0.342. The maximum absolute atomic E-state index is 11.5. The van der Waals surface area contributed by atoms with Gasteiger partial charge in [-0.15, -0.1) is 0 Å². The van der Waals surface area contributed by atoms with Crippen molar-refractivity contribution in [2.75, 3.05) is 13.1 Å². The first kappa shape index (κ1) is 13.9. The minimum atomic E-state index is -0.840. The summed E-state index contributed by atoms with van der Waals surface area (Å²) in [6.07, 6.45) is 2.25. The molecule has 5 nitrogen and oxygen atoms in total. The van der Waals surface area contributed by atoms with Crippen molar-refractivity contribution in [3.8, 4) is 0 Å². The summed E-state index contributed by atoms with van der Waals surface area (Å²) in [5.41, 5.74) is 5.46. The second-order valence-corrected chi connectivity index (χ2v) is 3.51. The molecule has 15 heavy (non-hydrogen) atoms. The van der Waals surface area contributed by atoms with Crippen LogP contribution in [-0.2, 0) is 9.59 Å². The molecule has 0 rings (SSSR count). The van der Waals surface area contributed by atoms with Crippen molar-refractivity contribution < 1.29 is 14.7 Å². The van der Waals surface area contributed by atoms with Crippen LogP contribution in [0.1, 0.15) is 32.6 Å².